The van der Waals surface area contributed by atoms with Gasteiger partial charge in [0.15, 0.2) is 0 Å². The Hall–Kier alpha value is -1.22. The van der Waals surface area contributed by atoms with E-state index in [9.17, 15) is 8.78 Å². The van der Waals surface area contributed by atoms with Gasteiger partial charge in [-0.15, -0.1) is 0 Å². The molecule has 14 heavy (non-hydrogen) atoms. The fourth-order valence-corrected chi connectivity index (χ4v) is 1.19. The lowest BCUT2D eigenvalue weighted by Gasteiger charge is -2.09. The summed E-state index contributed by atoms with van der Waals surface area (Å²) in [7, 11) is 0. The number of nitrogens with two attached hydrogens (primary N) is 1. The Morgan fingerprint density at radius 1 is 1.36 bits per heavy atom. The second-order valence-corrected chi connectivity index (χ2v) is 3.05. The van der Waals surface area contributed by atoms with E-state index in [0.717, 1.165) is 5.56 Å². The van der Waals surface area contributed by atoms with Crippen LogP contribution in [0.25, 0.3) is 0 Å². The van der Waals surface area contributed by atoms with Gasteiger partial charge in [0.25, 0.3) is 0 Å². The first-order valence-corrected chi connectivity index (χ1v) is 4.45. The molecule has 0 bridgehead atoms. The Bertz CT molecular complexity index is 295. The molecule has 2 N–H and O–H groups in total. The molecule has 0 aromatic heterocycles. The van der Waals surface area contributed by atoms with Gasteiger partial charge in [-0.05, 0) is 5.56 Å². The number of hydrogen-bond acceptors (Lipinski definition) is 1. The highest BCUT2D eigenvalue weighted by Crippen LogP contribution is 2.12. The minimum Gasteiger partial charge on any atom is -0.327 e. The molecule has 0 saturated carbocycles. The smallest absolute Gasteiger partial charge is 0.129 e. The standard InChI is InChI=1S/C11H13F2N/c12-7-10(8-14)11(13)6-9-4-2-1-3-5-9/h1-5,7,11H,6,8,14H2/b10-7+. The van der Waals surface area contributed by atoms with Crippen LogP contribution >= 0.6 is 0 Å². The average molecular weight is 197 g/mol. The molecular weight excluding hydrogens is 184 g/mol. The maximum absolute atomic E-state index is 13.4. The molecule has 0 aliphatic heterocycles. The first kappa shape index (κ1) is 10.9. The van der Waals surface area contributed by atoms with Crippen molar-refractivity contribution in [1.82, 2.24) is 0 Å². The third kappa shape index (κ3) is 2.92. The molecule has 1 nitrogen and oxygen atoms in total. The topological polar surface area (TPSA) is 26.0 Å². The summed E-state index contributed by atoms with van der Waals surface area (Å²) in [5, 5.41) is 0. The molecule has 1 unspecified atom stereocenters. The van der Waals surface area contributed by atoms with Gasteiger partial charge < -0.3 is 5.73 Å². The first-order chi connectivity index (χ1) is 6.77. The molecule has 0 spiro atoms. The maximum Gasteiger partial charge on any atom is 0.129 e. The van der Waals surface area contributed by atoms with E-state index in [1.165, 1.54) is 0 Å². The number of rotatable bonds is 4. The van der Waals surface area contributed by atoms with Gasteiger partial charge in [-0.3, -0.25) is 0 Å². The third-order valence-electron chi connectivity index (χ3n) is 2.04. The molecule has 1 rings (SSSR count). The second kappa shape index (κ2) is 5.50. The van der Waals surface area contributed by atoms with Crippen LogP contribution in [0.5, 0.6) is 0 Å². The van der Waals surface area contributed by atoms with Crippen LogP contribution in [0.1, 0.15) is 5.56 Å². The van der Waals surface area contributed by atoms with Crippen LogP contribution < -0.4 is 5.73 Å². The molecule has 0 amide bonds. The molecule has 1 aromatic rings. The van der Waals surface area contributed by atoms with E-state index in [4.69, 9.17) is 5.73 Å². The zero-order valence-electron chi connectivity index (χ0n) is 7.79. The van der Waals surface area contributed by atoms with Crippen LogP contribution in [0.4, 0.5) is 8.78 Å². The lowest BCUT2D eigenvalue weighted by Crippen LogP contribution is -2.16. The summed E-state index contributed by atoms with van der Waals surface area (Å²) in [6, 6.07) is 9.11. The minimum atomic E-state index is -1.33. The van der Waals surface area contributed by atoms with Gasteiger partial charge in [0.05, 0.1) is 6.33 Å². The molecule has 1 aromatic carbocycles. The number of hydrogen-bond donors (Lipinski definition) is 1. The number of benzene rings is 1. The lowest BCUT2D eigenvalue weighted by atomic mass is 10.0. The summed E-state index contributed by atoms with van der Waals surface area (Å²) in [5.41, 5.74) is 6.04. The third-order valence-corrected chi connectivity index (χ3v) is 2.04. The van der Waals surface area contributed by atoms with Crippen LogP contribution in [0.2, 0.25) is 0 Å². The van der Waals surface area contributed by atoms with Crippen molar-refractivity contribution >= 4 is 0 Å². The van der Waals surface area contributed by atoms with E-state index >= 15 is 0 Å². The minimum absolute atomic E-state index is 0.00820. The van der Waals surface area contributed by atoms with Crippen molar-refractivity contribution in [2.24, 2.45) is 5.73 Å². The van der Waals surface area contributed by atoms with E-state index in [1.807, 2.05) is 18.2 Å². The second-order valence-electron chi connectivity index (χ2n) is 3.05. The van der Waals surface area contributed by atoms with Crippen LogP contribution in [0.15, 0.2) is 42.2 Å². The predicted octanol–water partition coefficient (Wildman–Crippen LogP) is 2.38. The largest absolute Gasteiger partial charge is 0.327 e. The van der Waals surface area contributed by atoms with Gasteiger partial charge in [0, 0.05) is 18.5 Å². The Kier molecular flexibility index (Phi) is 4.26. The summed E-state index contributed by atoms with van der Waals surface area (Å²) in [4.78, 5) is 0. The molecule has 0 heterocycles. The Balaban J connectivity index is 2.61. The van der Waals surface area contributed by atoms with Crippen LogP contribution in [0.3, 0.4) is 0 Å². The van der Waals surface area contributed by atoms with E-state index in [1.54, 1.807) is 12.1 Å². The summed E-state index contributed by atoms with van der Waals surface area (Å²) < 4.78 is 25.5. The predicted molar refractivity (Wildman–Crippen MR) is 53.3 cm³/mol. The average Bonchev–Trinajstić information content (AvgIpc) is 2.21. The monoisotopic (exact) mass is 197 g/mol. The molecular formula is C11H13F2N. The quantitative estimate of drug-likeness (QED) is 0.788. The first-order valence-electron chi connectivity index (χ1n) is 4.45. The molecule has 0 saturated heterocycles. The Labute approximate surface area is 82.2 Å². The molecule has 0 fully saturated rings. The normalized spacial score (nSPS) is 14.1. The van der Waals surface area contributed by atoms with E-state index in [-0.39, 0.29) is 24.9 Å². The number of halogens is 2. The van der Waals surface area contributed by atoms with Gasteiger partial charge in [-0.2, -0.15) is 0 Å². The van der Waals surface area contributed by atoms with Gasteiger partial charge in [-0.1, -0.05) is 30.3 Å². The van der Waals surface area contributed by atoms with Crippen LogP contribution in [-0.4, -0.2) is 12.7 Å². The van der Waals surface area contributed by atoms with Gasteiger partial charge in [-0.25, -0.2) is 8.78 Å². The molecule has 1 atom stereocenters. The highest BCUT2D eigenvalue weighted by Gasteiger charge is 2.12. The van der Waals surface area contributed by atoms with Crippen LogP contribution in [-0.2, 0) is 6.42 Å². The summed E-state index contributed by atoms with van der Waals surface area (Å²) in [6.45, 7) is -0.0789. The number of alkyl halides is 1. The molecule has 3 heteroatoms. The highest BCUT2D eigenvalue weighted by atomic mass is 19.1. The molecule has 76 valence electrons. The Morgan fingerprint density at radius 3 is 2.50 bits per heavy atom. The van der Waals surface area contributed by atoms with Crippen molar-refractivity contribution in [2.75, 3.05) is 6.54 Å². The maximum atomic E-state index is 13.4. The molecule has 0 radical (unpaired) electrons. The summed E-state index contributed by atoms with van der Waals surface area (Å²) in [5.74, 6) is 0. The summed E-state index contributed by atoms with van der Waals surface area (Å²) in [6.07, 6.45) is -0.895. The van der Waals surface area contributed by atoms with Gasteiger partial charge in [0.1, 0.15) is 6.17 Å². The fourth-order valence-electron chi connectivity index (χ4n) is 1.19. The fraction of sp³-hybridized carbons (Fsp3) is 0.273. The SMILES string of the molecule is NC/C(=C\F)C(F)Cc1ccccc1. The zero-order chi connectivity index (χ0) is 10.4. The summed E-state index contributed by atoms with van der Waals surface area (Å²) >= 11 is 0. The van der Waals surface area contributed by atoms with Crippen molar-refractivity contribution in [3.05, 3.63) is 47.8 Å². The Morgan fingerprint density at radius 2 is 2.00 bits per heavy atom. The van der Waals surface area contributed by atoms with Gasteiger partial charge in [0.2, 0.25) is 0 Å². The van der Waals surface area contributed by atoms with Crippen molar-refractivity contribution in [3.63, 3.8) is 0 Å². The van der Waals surface area contributed by atoms with E-state index in [2.05, 4.69) is 0 Å². The highest BCUT2D eigenvalue weighted by molar-refractivity contribution is 5.19. The van der Waals surface area contributed by atoms with Crippen molar-refractivity contribution in [1.29, 1.82) is 0 Å². The van der Waals surface area contributed by atoms with Crippen molar-refractivity contribution in [2.45, 2.75) is 12.6 Å². The van der Waals surface area contributed by atoms with E-state index < -0.39 is 6.17 Å². The molecule has 0 aliphatic rings. The van der Waals surface area contributed by atoms with Crippen LogP contribution in [0, 0.1) is 0 Å². The zero-order valence-corrected chi connectivity index (χ0v) is 7.79. The van der Waals surface area contributed by atoms with Crippen molar-refractivity contribution in [3.8, 4) is 0 Å². The lowest BCUT2D eigenvalue weighted by molar-refractivity contribution is 0.371. The van der Waals surface area contributed by atoms with Crippen molar-refractivity contribution < 1.29 is 8.78 Å². The molecule has 0 aliphatic carbocycles. The van der Waals surface area contributed by atoms with E-state index in [0.29, 0.717) is 0 Å². The van der Waals surface area contributed by atoms with Gasteiger partial charge >= 0.3 is 0 Å².